The predicted molar refractivity (Wildman–Crippen MR) is 119 cm³/mol. The number of fused-ring (bicyclic) bond motifs is 1. The molecule has 8 nitrogen and oxygen atoms in total. The number of aromatic nitrogens is 2. The maximum Gasteiger partial charge on any atom is 0.237 e. The van der Waals surface area contributed by atoms with Crippen LogP contribution >= 0.6 is 11.8 Å². The molecule has 2 aliphatic heterocycles. The summed E-state index contributed by atoms with van der Waals surface area (Å²) in [6, 6.07) is 7.69. The standard InChI is InChI=1S/C22H29N5O3S/c1-15-6-7-24-22(25-15)31-17-11-18(21(28)23-8-9-26(2)3)27(13-17)12-16-4-5-19-20(10-16)30-14-29-19/h4-7,10,17-18H,8-9,11-14H2,1-3H3,(H,23,28)/t17-,18+/m1/s1. The van der Waals surface area contributed by atoms with Crippen molar-refractivity contribution in [3.63, 3.8) is 0 Å². The summed E-state index contributed by atoms with van der Waals surface area (Å²) < 4.78 is 10.9. The Bertz CT molecular complexity index is 926. The van der Waals surface area contributed by atoms with Crippen LogP contribution in [0, 0.1) is 6.92 Å². The van der Waals surface area contributed by atoms with Crippen LogP contribution in [0.15, 0.2) is 35.6 Å². The minimum Gasteiger partial charge on any atom is -0.454 e. The van der Waals surface area contributed by atoms with E-state index in [4.69, 9.17) is 9.47 Å². The zero-order chi connectivity index (χ0) is 21.8. The van der Waals surface area contributed by atoms with Crippen molar-refractivity contribution in [2.24, 2.45) is 0 Å². The fourth-order valence-electron chi connectivity index (χ4n) is 3.82. The highest BCUT2D eigenvalue weighted by molar-refractivity contribution is 7.99. The molecular weight excluding hydrogens is 414 g/mol. The molecule has 166 valence electrons. The van der Waals surface area contributed by atoms with Gasteiger partial charge >= 0.3 is 0 Å². The van der Waals surface area contributed by atoms with Crippen LogP contribution in [0.2, 0.25) is 0 Å². The van der Waals surface area contributed by atoms with Gasteiger partial charge in [-0.1, -0.05) is 17.8 Å². The number of thioether (sulfide) groups is 1. The molecule has 2 aliphatic rings. The van der Waals surface area contributed by atoms with Gasteiger partial charge in [0.25, 0.3) is 0 Å². The van der Waals surface area contributed by atoms with Crippen LogP contribution in [-0.2, 0) is 11.3 Å². The van der Waals surface area contributed by atoms with Crippen LogP contribution in [0.3, 0.4) is 0 Å². The van der Waals surface area contributed by atoms with Gasteiger partial charge in [0.2, 0.25) is 12.7 Å². The summed E-state index contributed by atoms with van der Waals surface area (Å²) in [4.78, 5) is 26.2. The van der Waals surface area contributed by atoms with Gasteiger partial charge in [0.05, 0.1) is 6.04 Å². The van der Waals surface area contributed by atoms with Crippen molar-refractivity contribution in [2.45, 2.75) is 36.3 Å². The first-order chi connectivity index (χ1) is 15.0. The van der Waals surface area contributed by atoms with Crippen LogP contribution < -0.4 is 14.8 Å². The zero-order valence-electron chi connectivity index (χ0n) is 18.2. The molecule has 1 N–H and O–H groups in total. The first-order valence-electron chi connectivity index (χ1n) is 10.5. The molecule has 0 radical (unpaired) electrons. The summed E-state index contributed by atoms with van der Waals surface area (Å²) in [7, 11) is 4.00. The predicted octanol–water partition coefficient (Wildman–Crippen LogP) is 1.93. The van der Waals surface area contributed by atoms with Crippen molar-refractivity contribution < 1.29 is 14.3 Å². The van der Waals surface area contributed by atoms with Gasteiger partial charge in [-0.25, -0.2) is 9.97 Å². The minimum absolute atomic E-state index is 0.0795. The summed E-state index contributed by atoms with van der Waals surface area (Å²) in [5, 5.41) is 4.12. The molecule has 2 atom stereocenters. The second-order valence-electron chi connectivity index (χ2n) is 8.18. The molecule has 0 unspecified atom stereocenters. The lowest BCUT2D eigenvalue weighted by molar-refractivity contribution is -0.125. The van der Waals surface area contributed by atoms with E-state index in [0.29, 0.717) is 13.1 Å². The van der Waals surface area contributed by atoms with E-state index in [9.17, 15) is 4.79 Å². The quantitative estimate of drug-likeness (QED) is 0.620. The molecule has 0 aliphatic carbocycles. The topological polar surface area (TPSA) is 79.8 Å². The van der Waals surface area contributed by atoms with E-state index in [1.54, 1.807) is 18.0 Å². The SMILES string of the molecule is Cc1ccnc(S[C@@H]2C[C@@H](C(=O)NCCN(C)C)N(Cc3ccc4c(c3)OCO4)C2)n1. The number of ether oxygens (including phenoxy) is 2. The van der Waals surface area contributed by atoms with Gasteiger partial charge in [-0.3, -0.25) is 9.69 Å². The van der Waals surface area contributed by atoms with Crippen molar-refractivity contribution in [2.75, 3.05) is 40.5 Å². The van der Waals surface area contributed by atoms with E-state index in [2.05, 4.69) is 25.1 Å². The molecule has 3 heterocycles. The van der Waals surface area contributed by atoms with E-state index in [1.807, 2.05) is 45.3 Å². The molecule has 1 fully saturated rings. The summed E-state index contributed by atoms with van der Waals surface area (Å²) in [5.74, 6) is 1.62. The average molecular weight is 444 g/mol. The van der Waals surface area contributed by atoms with Gasteiger partial charge in [0.15, 0.2) is 16.7 Å². The molecule has 0 saturated carbocycles. The third-order valence-corrected chi connectivity index (χ3v) is 6.48. The molecule has 0 bridgehead atoms. The number of nitrogens with zero attached hydrogens (tertiary/aromatic N) is 4. The van der Waals surface area contributed by atoms with Crippen molar-refractivity contribution in [3.05, 3.63) is 41.7 Å². The Kier molecular flexibility index (Phi) is 6.94. The van der Waals surface area contributed by atoms with Crippen molar-refractivity contribution in [1.29, 1.82) is 0 Å². The number of nitrogens with one attached hydrogen (secondary N) is 1. The Balaban J connectivity index is 1.46. The van der Waals surface area contributed by atoms with E-state index >= 15 is 0 Å². The monoisotopic (exact) mass is 443 g/mol. The molecule has 0 spiro atoms. The van der Waals surface area contributed by atoms with Crippen molar-refractivity contribution >= 4 is 17.7 Å². The Morgan fingerprint density at radius 2 is 2.13 bits per heavy atom. The fraction of sp³-hybridized carbons (Fsp3) is 0.500. The maximum absolute atomic E-state index is 13.0. The summed E-state index contributed by atoms with van der Waals surface area (Å²) in [5.41, 5.74) is 2.05. The molecule has 1 aromatic carbocycles. The van der Waals surface area contributed by atoms with Crippen LogP contribution in [0.4, 0.5) is 0 Å². The summed E-state index contributed by atoms with van der Waals surface area (Å²) in [6.45, 7) is 5.15. The van der Waals surface area contributed by atoms with Gasteiger partial charge in [-0.2, -0.15) is 0 Å². The van der Waals surface area contributed by atoms with E-state index in [-0.39, 0.29) is 24.0 Å². The van der Waals surface area contributed by atoms with E-state index in [1.165, 1.54) is 0 Å². The lowest BCUT2D eigenvalue weighted by Gasteiger charge is -2.24. The van der Waals surface area contributed by atoms with Gasteiger partial charge in [-0.05, 0) is 51.2 Å². The number of benzene rings is 1. The number of amides is 1. The highest BCUT2D eigenvalue weighted by Crippen LogP contribution is 2.35. The van der Waals surface area contributed by atoms with Gasteiger partial charge in [0, 0.05) is 43.3 Å². The molecule has 31 heavy (non-hydrogen) atoms. The number of rotatable bonds is 8. The van der Waals surface area contributed by atoms with Crippen LogP contribution in [-0.4, -0.2) is 77.5 Å². The second-order valence-corrected chi connectivity index (χ2v) is 9.45. The Labute approximate surface area is 187 Å². The molecule has 1 aromatic heterocycles. The second kappa shape index (κ2) is 9.84. The third kappa shape index (κ3) is 5.66. The number of carbonyl (C=O) groups excluding carboxylic acids is 1. The number of likely N-dealkylation sites (tertiary alicyclic amines) is 1. The lowest BCUT2D eigenvalue weighted by Crippen LogP contribution is -2.44. The fourth-order valence-corrected chi connectivity index (χ4v) is 4.98. The minimum atomic E-state index is -0.185. The van der Waals surface area contributed by atoms with Crippen LogP contribution in [0.5, 0.6) is 11.5 Å². The van der Waals surface area contributed by atoms with E-state index in [0.717, 1.165) is 47.4 Å². The van der Waals surface area contributed by atoms with Gasteiger partial charge in [-0.15, -0.1) is 0 Å². The molecule has 9 heteroatoms. The number of carbonyl (C=O) groups is 1. The first-order valence-corrected chi connectivity index (χ1v) is 11.4. The number of aryl methyl sites for hydroxylation is 1. The number of likely N-dealkylation sites (N-methyl/N-ethyl adjacent to an activating group) is 1. The van der Waals surface area contributed by atoms with Gasteiger partial charge in [0.1, 0.15) is 0 Å². The normalized spacial score (nSPS) is 20.4. The molecule has 1 amide bonds. The highest BCUT2D eigenvalue weighted by Gasteiger charge is 2.37. The smallest absolute Gasteiger partial charge is 0.237 e. The van der Waals surface area contributed by atoms with Crippen LogP contribution in [0.25, 0.3) is 0 Å². The highest BCUT2D eigenvalue weighted by atomic mass is 32.2. The number of hydrogen-bond donors (Lipinski definition) is 1. The van der Waals surface area contributed by atoms with Crippen molar-refractivity contribution in [3.8, 4) is 11.5 Å². The van der Waals surface area contributed by atoms with Crippen LogP contribution in [0.1, 0.15) is 17.7 Å². The first kappa shape index (κ1) is 21.9. The third-order valence-electron chi connectivity index (χ3n) is 5.39. The maximum atomic E-state index is 13.0. The van der Waals surface area contributed by atoms with Crippen molar-refractivity contribution in [1.82, 2.24) is 25.1 Å². The Morgan fingerprint density at radius 1 is 1.29 bits per heavy atom. The Morgan fingerprint density at radius 3 is 2.94 bits per heavy atom. The Hall–Kier alpha value is -2.36. The molecule has 1 saturated heterocycles. The molecular formula is C22H29N5O3S. The summed E-state index contributed by atoms with van der Waals surface area (Å²) in [6.07, 6.45) is 2.55. The largest absolute Gasteiger partial charge is 0.454 e. The summed E-state index contributed by atoms with van der Waals surface area (Å²) >= 11 is 1.65. The zero-order valence-corrected chi connectivity index (χ0v) is 19.0. The lowest BCUT2D eigenvalue weighted by atomic mass is 10.1. The average Bonchev–Trinajstić information content (AvgIpc) is 3.34. The molecule has 4 rings (SSSR count). The number of hydrogen-bond acceptors (Lipinski definition) is 8. The molecule has 2 aromatic rings. The van der Waals surface area contributed by atoms with E-state index < -0.39 is 0 Å². The van der Waals surface area contributed by atoms with Gasteiger partial charge < -0.3 is 19.7 Å².